The summed E-state index contributed by atoms with van der Waals surface area (Å²) in [5.74, 6) is -0.312. The van der Waals surface area contributed by atoms with Gasteiger partial charge in [-0.15, -0.1) is 0 Å². The number of nitrogens with one attached hydrogen (secondary N) is 1. The zero-order valence-electron chi connectivity index (χ0n) is 45.2. The van der Waals surface area contributed by atoms with Crippen molar-refractivity contribution >= 4 is 5.91 Å². The molecule has 19 nitrogen and oxygen atoms in total. The van der Waals surface area contributed by atoms with Gasteiger partial charge in [0.1, 0.15) is 73.2 Å². The minimum absolute atomic E-state index is 0.200. The zero-order chi connectivity index (χ0) is 55.5. The molecule has 0 saturated carbocycles. The van der Waals surface area contributed by atoms with E-state index < -0.39 is 124 Å². The van der Waals surface area contributed by atoms with E-state index in [1.807, 2.05) is 6.08 Å². The normalized spacial score (nSPS) is 31.5. The average molecular weight is 1080 g/mol. The third kappa shape index (κ3) is 24.7. The van der Waals surface area contributed by atoms with Crippen molar-refractivity contribution < 1.29 is 89.4 Å². The van der Waals surface area contributed by atoms with Crippen LogP contribution in [0, 0.1) is 0 Å². The topological polar surface area (TPSA) is 307 Å². The molecule has 0 aromatic heterocycles. The van der Waals surface area contributed by atoms with Crippen LogP contribution in [0.3, 0.4) is 0 Å². The number of aliphatic hydroxyl groups is 11. The van der Waals surface area contributed by atoms with Gasteiger partial charge >= 0.3 is 0 Å². The smallest absolute Gasteiger partial charge is 0.220 e. The minimum Gasteiger partial charge on any atom is -0.394 e. The summed E-state index contributed by atoms with van der Waals surface area (Å²) in [6.45, 7) is 1.53. The summed E-state index contributed by atoms with van der Waals surface area (Å²) in [4.78, 5) is 13.3. The molecule has 0 radical (unpaired) electrons. The molecule has 0 bridgehead atoms. The Morgan fingerprint density at radius 2 is 0.908 bits per heavy atom. The van der Waals surface area contributed by atoms with E-state index in [4.69, 9.17) is 28.4 Å². The van der Waals surface area contributed by atoms with E-state index in [1.54, 1.807) is 6.08 Å². The molecule has 1 amide bonds. The SMILES string of the molecule is CC/C=C\C/C=C\C/C=C\C/C=C\C/C=C\CCCCCC(=O)NC(COC1OC(CO)C(OC2OC(CO)C(OC3OC(CO)C(O)C(O)C3O)C(O)C2O)C(O)C1O)C(O)/C=C/CCCCCCCCCCCC. The maximum atomic E-state index is 13.3. The third-order valence-electron chi connectivity index (χ3n) is 13.8. The number of unbranched alkanes of at least 4 members (excludes halogenated alkanes) is 13. The molecule has 3 saturated heterocycles. The van der Waals surface area contributed by atoms with Crippen molar-refractivity contribution in [3.05, 3.63) is 72.9 Å². The monoisotopic (exact) mass is 1080 g/mol. The third-order valence-corrected chi connectivity index (χ3v) is 13.8. The second-order valence-corrected chi connectivity index (χ2v) is 20.0. The van der Waals surface area contributed by atoms with Crippen LogP contribution >= 0.6 is 0 Å². The number of hydrogen-bond acceptors (Lipinski definition) is 18. The van der Waals surface area contributed by atoms with E-state index in [-0.39, 0.29) is 18.9 Å². The highest BCUT2D eigenvalue weighted by Gasteiger charge is 2.53. The van der Waals surface area contributed by atoms with Crippen LogP contribution in [0.5, 0.6) is 0 Å². The van der Waals surface area contributed by atoms with E-state index >= 15 is 0 Å². The minimum atomic E-state index is -1.98. The first-order valence-electron chi connectivity index (χ1n) is 28.2. The van der Waals surface area contributed by atoms with Crippen molar-refractivity contribution in [2.24, 2.45) is 0 Å². The number of rotatable bonds is 39. The van der Waals surface area contributed by atoms with Crippen molar-refractivity contribution in [3.63, 3.8) is 0 Å². The molecule has 12 N–H and O–H groups in total. The second-order valence-electron chi connectivity index (χ2n) is 20.0. The molecule has 3 aliphatic rings. The molecule has 3 fully saturated rings. The standard InChI is InChI=1S/C57H97NO18/c1-3-5-7-9-11-13-15-17-18-19-20-21-22-23-25-27-29-31-33-35-45(63)58-40(41(62)34-32-30-28-26-24-16-14-12-10-8-6-4-2)39-71-55-51(69)48(66)53(43(37-60)73-55)76-57-52(70)49(67)54(44(38-61)74-57)75-56-50(68)47(65)46(64)42(36-59)72-56/h5,7,11,13,17-18,20-21,23,25,32,34,40-44,46-57,59-62,64-70H,3-4,6,8-10,12,14-16,19,22,24,26-31,33,35-39H2,1-2H3,(H,58,63)/b7-5-,13-11-,18-17-,21-20-,25-23-,34-32+. The van der Waals surface area contributed by atoms with Crippen molar-refractivity contribution in [2.45, 2.75) is 253 Å². The molecular weight excluding hydrogens is 987 g/mol. The molecule has 0 aliphatic carbocycles. The van der Waals surface area contributed by atoms with Crippen LogP contribution in [0.15, 0.2) is 72.9 Å². The molecule has 3 rings (SSSR count). The van der Waals surface area contributed by atoms with Crippen molar-refractivity contribution in [2.75, 3.05) is 26.4 Å². The zero-order valence-corrected chi connectivity index (χ0v) is 45.2. The van der Waals surface area contributed by atoms with Gasteiger partial charge in [0.2, 0.25) is 5.91 Å². The van der Waals surface area contributed by atoms with Crippen molar-refractivity contribution in [1.82, 2.24) is 5.32 Å². The van der Waals surface area contributed by atoms with E-state index in [1.165, 1.54) is 44.9 Å². The van der Waals surface area contributed by atoms with Gasteiger partial charge in [-0.2, -0.15) is 0 Å². The van der Waals surface area contributed by atoms with Gasteiger partial charge in [0.25, 0.3) is 0 Å². The lowest BCUT2D eigenvalue weighted by molar-refractivity contribution is -0.379. The first-order chi connectivity index (χ1) is 36.8. The predicted molar refractivity (Wildman–Crippen MR) is 286 cm³/mol. The highest BCUT2D eigenvalue weighted by atomic mass is 16.8. The molecule has 0 aromatic carbocycles. The Balaban J connectivity index is 1.54. The van der Waals surface area contributed by atoms with Gasteiger partial charge in [-0.1, -0.05) is 151 Å². The predicted octanol–water partition coefficient (Wildman–Crippen LogP) is 3.87. The number of carbonyl (C=O) groups is 1. The molecular formula is C57H97NO18. The molecule has 0 spiro atoms. The lowest BCUT2D eigenvalue weighted by atomic mass is 9.96. The van der Waals surface area contributed by atoms with Crippen molar-refractivity contribution in [3.8, 4) is 0 Å². The number of amides is 1. The summed E-state index contributed by atoms with van der Waals surface area (Å²) < 4.78 is 34.1. The average Bonchev–Trinajstić information content (AvgIpc) is 3.42. The van der Waals surface area contributed by atoms with Gasteiger partial charge in [0.15, 0.2) is 18.9 Å². The molecule has 19 heteroatoms. The Morgan fingerprint density at radius 3 is 1.42 bits per heavy atom. The first-order valence-corrected chi connectivity index (χ1v) is 28.2. The second kappa shape index (κ2) is 40.4. The van der Waals surface area contributed by atoms with Gasteiger partial charge in [0, 0.05) is 6.42 Å². The summed E-state index contributed by atoms with van der Waals surface area (Å²) in [7, 11) is 0. The van der Waals surface area contributed by atoms with Gasteiger partial charge in [0.05, 0.1) is 38.6 Å². The Kier molecular flexibility index (Phi) is 35.9. The van der Waals surface area contributed by atoms with Gasteiger partial charge < -0.3 is 89.9 Å². The Hall–Kier alpha value is -2.77. The number of allylic oxidation sites excluding steroid dienone is 11. The fraction of sp³-hybridized carbons (Fsp3) is 0.772. The van der Waals surface area contributed by atoms with Crippen LogP contribution in [0.1, 0.15) is 149 Å². The molecule has 3 aliphatic heterocycles. The van der Waals surface area contributed by atoms with E-state index in [0.717, 1.165) is 77.0 Å². The van der Waals surface area contributed by atoms with E-state index in [2.05, 4.69) is 79.9 Å². The van der Waals surface area contributed by atoms with Crippen molar-refractivity contribution in [1.29, 1.82) is 0 Å². The maximum Gasteiger partial charge on any atom is 0.220 e. The molecule has 17 unspecified atom stereocenters. The number of ether oxygens (including phenoxy) is 6. The Labute approximate surface area is 451 Å². The van der Waals surface area contributed by atoms with Crippen LogP contribution in [-0.4, -0.2) is 193 Å². The number of hydrogen-bond donors (Lipinski definition) is 12. The summed E-state index contributed by atoms with van der Waals surface area (Å²) in [5.41, 5.74) is 0. The summed E-state index contributed by atoms with van der Waals surface area (Å²) in [6.07, 6.45) is 18.9. The van der Waals surface area contributed by atoms with Gasteiger partial charge in [-0.25, -0.2) is 0 Å². The highest BCUT2D eigenvalue weighted by Crippen LogP contribution is 2.33. The lowest BCUT2D eigenvalue weighted by Gasteiger charge is -2.48. The van der Waals surface area contributed by atoms with Gasteiger partial charge in [-0.05, 0) is 64.2 Å². The van der Waals surface area contributed by atoms with Crippen LogP contribution in [0.25, 0.3) is 0 Å². The first kappa shape index (κ1) is 67.5. The van der Waals surface area contributed by atoms with Crippen LogP contribution in [0.4, 0.5) is 0 Å². The quantitative estimate of drug-likeness (QED) is 0.0307. The summed E-state index contributed by atoms with van der Waals surface area (Å²) in [6, 6.07) is -0.993. The van der Waals surface area contributed by atoms with E-state index in [0.29, 0.717) is 6.42 Å². The summed E-state index contributed by atoms with van der Waals surface area (Å²) in [5, 5.41) is 120. The van der Waals surface area contributed by atoms with Crippen LogP contribution in [-0.2, 0) is 33.2 Å². The lowest BCUT2D eigenvalue weighted by Crippen LogP contribution is -2.66. The van der Waals surface area contributed by atoms with E-state index in [9.17, 15) is 61.0 Å². The van der Waals surface area contributed by atoms with Crippen LogP contribution < -0.4 is 5.32 Å². The summed E-state index contributed by atoms with van der Waals surface area (Å²) >= 11 is 0. The molecule has 17 atom stereocenters. The fourth-order valence-corrected chi connectivity index (χ4v) is 9.10. The molecule has 0 aromatic rings. The van der Waals surface area contributed by atoms with Crippen LogP contribution in [0.2, 0.25) is 0 Å². The Bertz CT molecular complexity index is 1670. The highest BCUT2D eigenvalue weighted by molar-refractivity contribution is 5.76. The maximum absolute atomic E-state index is 13.3. The molecule has 76 heavy (non-hydrogen) atoms. The number of aliphatic hydroxyl groups excluding tert-OH is 11. The fourth-order valence-electron chi connectivity index (χ4n) is 9.10. The largest absolute Gasteiger partial charge is 0.394 e. The van der Waals surface area contributed by atoms with Gasteiger partial charge in [-0.3, -0.25) is 4.79 Å². The molecule has 438 valence electrons. The Morgan fingerprint density at radius 1 is 0.487 bits per heavy atom. The number of carbonyl (C=O) groups excluding carboxylic acids is 1. The molecule has 3 heterocycles.